The minimum Gasteiger partial charge on any atom is -0.477 e. The highest BCUT2D eigenvalue weighted by atomic mass is 16.8. The van der Waals surface area contributed by atoms with E-state index in [4.69, 9.17) is 33.2 Å². The van der Waals surface area contributed by atoms with E-state index in [9.17, 15) is 116 Å². The molecule has 3 heterocycles. The van der Waals surface area contributed by atoms with E-state index in [0.717, 1.165) is 71.1 Å². The molecule has 27 atom stereocenters. The number of hydrogen-bond donors (Lipinski definition) is 21. The molecule has 3 aliphatic heterocycles. The second kappa shape index (κ2) is 50.6. The third kappa shape index (κ3) is 30.6. The molecule has 4 aliphatic rings. The Morgan fingerprint density at radius 2 is 1.05 bits per heavy atom. The largest absolute Gasteiger partial charge is 0.477 e. The number of carboxylic acid groups (broad SMARTS) is 2. The molecule has 0 aromatic carbocycles. The summed E-state index contributed by atoms with van der Waals surface area (Å²) >= 11 is 0. The highest BCUT2D eigenvalue weighted by Crippen LogP contribution is 2.42. The van der Waals surface area contributed by atoms with Crippen LogP contribution in [0.1, 0.15) is 247 Å². The monoisotopic (exact) mass is 1560 g/mol. The first-order valence-corrected chi connectivity index (χ1v) is 40.0. The molecule has 27 unspecified atom stereocenters. The third-order valence-electron chi connectivity index (χ3n) is 21.9. The SMILES string of the molecule is CCCCCCCCCCCCCCCCCCCCCCCC(O)C(=O)NC(COC1OC(COC2(C(=O)O)CC(OC3(C(=O)O)CC(O)C(NC(=O)CO)C(C(O)C(CO)OC4CC(C)C(O)C(O)C4O)O3)C(NC(C)=O)C(C(O)C(O)CO)O2)C(O)C(O)C1O)C(O)C(O)CCCCCCCC(C)CC. The number of amides is 3. The van der Waals surface area contributed by atoms with Crippen LogP contribution in [-0.4, -0.2) is 307 Å². The number of carbonyl (C=O) groups is 5. The number of rotatable bonds is 56. The maximum Gasteiger partial charge on any atom is 0.364 e. The molecule has 632 valence electrons. The Morgan fingerprint density at radius 1 is 0.546 bits per heavy atom. The zero-order chi connectivity index (χ0) is 80.3. The van der Waals surface area contributed by atoms with Gasteiger partial charge in [-0.25, -0.2) is 9.59 Å². The Kier molecular flexibility index (Phi) is 45.4. The fourth-order valence-electron chi connectivity index (χ4n) is 14.8. The summed E-state index contributed by atoms with van der Waals surface area (Å²) in [5.74, 6) is -14.5. The van der Waals surface area contributed by atoms with Gasteiger partial charge in [-0.2, -0.15) is 0 Å². The number of carboxylic acids is 2. The standard InChI is InChI=1S/C75H137N3O30/c1-6-8-9-10-11-12-13-14-15-16-17-18-19-20-21-22-23-24-25-28-32-35-49(84)70(97)77-47(60(89)48(83)34-31-29-26-27-30-33-44(3)7-2)42-102-71-67(96)66(95)63(92)55(105-71)43-103-74(72(98)99)38-53(58(76-46(5)82)69(107-74)61(90)51(86)39-79)106-75(73(100)101)37-50(85)57(78-56(87)41-81)68(108-75)64(93)54(40-80)104-52-36-45(4)59(88)65(94)62(52)91/h44-45,47-55,57-69,71,79-81,83-86,88-96H,6-43H2,1-5H3,(H,76,82)(H,77,97)(H,78,87)(H,98,99)(H,100,101). The fourth-order valence-corrected chi connectivity index (χ4v) is 14.8. The van der Waals surface area contributed by atoms with Crippen molar-refractivity contribution in [2.45, 2.75) is 398 Å². The quantitative estimate of drug-likeness (QED) is 0.0370. The maximum atomic E-state index is 13.9. The van der Waals surface area contributed by atoms with Crippen molar-refractivity contribution in [2.24, 2.45) is 11.8 Å². The fraction of sp³-hybridized carbons (Fsp3) is 0.933. The predicted molar refractivity (Wildman–Crippen MR) is 387 cm³/mol. The van der Waals surface area contributed by atoms with E-state index < -0.39 is 233 Å². The first-order valence-electron chi connectivity index (χ1n) is 40.0. The minimum atomic E-state index is -3.41. The molecule has 1 saturated carbocycles. The average molecular weight is 1560 g/mol. The second-order valence-corrected chi connectivity index (χ2v) is 30.8. The summed E-state index contributed by atoms with van der Waals surface area (Å²) < 4.78 is 41.5. The molecular formula is C75H137N3O30. The van der Waals surface area contributed by atoms with Crippen LogP contribution in [0.2, 0.25) is 0 Å². The van der Waals surface area contributed by atoms with Crippen LogP contribution in [0.25, 0.3) is 0 Å². The van der Waals surface area contributed by atoms with E-state index in [1.807, 2.05) is 0 Å². The Labute approximate surface area is 635 Å². The van der Waals surface area contributed by atoms with Crippen LogP contribution in [0.15, 0.2) is 0 Å². The number of aliphatic hydroxyl groups is 16. The van der Waals surface area contributed by atoms with E-state index in [0.29, 0.717) is 25.2 Å². The number of unbranched alkanes of at least 4 members (excludes halogenated alkanes) is 24. The Bertz CT molecular complexity index is 2520. The van der Waals surface area contributed by atoms with Crippen molar-refractivity contribution in [1.82, 2.24) is 16.0 Å². The van der Waals surface area contributed by atoms with Crippen LogP contribution in [0, 0.1) is 11.8 Å². The first kappa shape index (κ1) is 96.8. The van der Waals surface area contributed by atoms with E-state index in [1.54, 1.807) is 0 Å². The van der Waals surface area contributed by atoms with Gasteiger partial charge < -0.3 is 141 Å². The highest BCUT2D eigenvalue weighted by Gasteiger charge is 2.63. The van der Waals surface area contributed by atoms with Gasteiger partial charge in [0.2, 0.25) is 17.7 Å². The van der Waals surface area contributed by atoms with Gasteiger partial charge in [-0.3, -0.25) is 14.4 Å². The molecule has 4 fully saturated rings. The first-order chi connectivity index (χ1) is 51.4. The van der Waals surface area contributed by atoms with Crippen molar-refractivity contribution >= 4 is 29.7 Å². The summed E-state index contributed by atoms with van der Waals surface area (Å²) in [5, 5.41) is 206. The van der Waals surface area contributed by atoms with E-state index in [1.165, 1.54) is 103 Å². The summed E-state index contributed by atoms with van der Waals surface area (Å²) in [5.41, 5.74) is 0. The van der Waals surface area contributed by atoms with Gasteiger partial charge in [0.1, 0.15) is 92.1 Å². The van der Waals surface area contributed by atoms with Crippen LogP contribution in [-0.2, 0) is 57.1 Å². The lowest BCUT2D eigenvalue weighted by atomic mass is 9.81. The average Bonchev–Trinajstić information content (AvgIpc) is 0.741. The summed E-state index contributed by atoms with van der Waals surface area (Å²) in [6.07, 6.45) is -12.0. The predicted octanol–water partition coefficient (Wildman–Crippen LogP) is 0.585. The van der Waals surface area contributed by atoms with Crippen LogP contribution < -0.4 is 16.0 Å². The molecule has 3 saturated heterocycles. The molecule has 0 radical (unpaired) electrons. The number of carbonyl (C=O) groups excluding carboxylic acids is 3. The van der Waals surface area contributed by atoms with Crippen LogP contribution in [0.5, 0.6) is 0 Å². The van der Waals surface area contributed by atoms with E-state index in [2.05, 4.69) is 36.7 Å². The zero-order valence-corrected chi connectivity index (χ0v) is 64.3. The van der Waals surface area contributed by atoms with Crippen molar-refractivity contribution in [3.8, 4) is 0 Å². The van der Waals surface area contributed by atoms with Gasteiger partial charge in [-0.05, 0) is 31.1 Å². The van der Waals surface area contributed by atoms with Crippen LogP contribution in [0.3, 0.4) is 0 Å². The Morgan fingerprint density at radius 3 is 1.55 bits per heavy atom. The van der Waals surface area contributed by atoms with Gasteiger partial charge in [0, 0.05) is 19.8 Å². The van der Waals surface area contributed by atoms with Crippen molar-refractivity contribution in [3.63, 3.8) is 0 Å². The Hall–Kier alpha value is -3.57. The minimum absolute atomic E-state index is 0.0554. The highest BCUT2D eigenvalue weighted by molar-refractivity contribution is 5.81. The van der Waals surface area contributed by atoms with Crippen LogP contribution >= 0.6 is 0 Å². The molecule has 0 bridgehead atoms. The second-order valence-electron chi connectivity index (χ2n) is 30.8. The van der Waals surface area contributed by atoms with Crippen molar-refractivity contribution in [3.05, 3.63) is 0 Å². The van der Waals surface area contributed by atoms with Gasteiger partial charge in [-0.15, -0.1) is 0 Å². The summed E-state index contributed by atoms with van der Waals surface area (Å²) in [4.78, 5) is 67.2. The number of hydrogen-bond acceptors (Lipinski definition) is 28. The molecule has 3 amide bonds. The lowest BCUT2D eigenvalue weighted by molar-refractivity contribution is -0.366. The topological polar surface area (TPSA) is 550 Å². The molecule has 0 aromatic rings. The normalized spacial score (nSPS) is 31.5. The maximum absolute atomic E-state index is 13.9. The summed E-state index contributed by atoms with van der Waals surface area (Å²) in [6, 6.07) is -5.53. The smallest absolute Gasteiger partial charge is 0.364 e. The summed E-state index contributed by atoms with van der Waals surface area (Å²) in [6.45, 7) is 3.18. The van der Waals surface area contributed by atoms with Gasteiger partial charge in [0.25, 0.3) is 11.6 Å². The zero-order valence-electron chi connectivity index (χ0n) is 64.3. The van der Waals surface area contributed by atoms with Gasteiger partial charge in [0.15, 0.2) is 6.29 Å². The van der Waals surface area contributed by atoms with Crippen molar-refractivity contribution in [1.29, 1.82) is 0 Å². The van der Waals surface area contributed by atoms with Crippen molar-refractivity contribution < 1.29 is 149 Å². The molecule has 33 heteroatoms. The summed E-state index contributed by atoms with van der Waals surface area (Å²) in [7, 11) is 0. The molecule has 1 aliphatic carbocycles. The molecule has 33 nitrogen and oxygen atoms in total. The number of aliphatic hydroxyl groups excluding tert-OH is 16. The lowest BCUT2D eigenvalue weighted by Gasteiger charge is -2.52. The molecule has 4 rings (SSSR count). The van der Waals surface area contributed by atoms with Crippen LogP contribution in [0.4, 0.5) is 0 Å². The number of ether oxygens (including phenoxy) is 7. The van der Waals surface area contributed by atoms with E-state index >= 15 is 0 Å². The molecule has 108 heavy (non-hydrogen) atoms. The van der Waals surface area contributed by atoms with Crippen molar-refractivity contribution in [2.75, 3.05) is 33.0 Å². The van der Waals surface area contributed by atoms with Gasteiger partial charge >= 0.3 is 11.9 Å². The van der Waals surface area contributed by atoms with E-state index in [-0.39, 0.29) is 19.3 Å². The van der Waals surface area contributed by atoms with Gasteiger partial charge in [0.05, 0.1) is 75.1 Å². The van der Waals surface area contributed by atoms with Gasteiger partial charge in [-0.1, -0.05) is 207 Å². The number of nitrogens with one attached hydrogen (secondary N) is 3. The molecule has 21 N–H and O–H groups in total. The third-order valence-corrected chi connectivity index (χ3v) is 21.9. The molecule has 0 aromatic heterocycles. The molecular weight excluding hydrogens is 1420 g/mol. The molecule has 0 spiro atoms. The number of aliphatic carboxylic acids is 2. The lowest BCUT2D eigenvalue weighted by Crippen LogP contribution is -2.72. The Balaban J connectivity index is 1.54.